The molecule has 0 fully saturated rings. The molecule has 3 aromatic rings. The third-order valence-electron chi connectivity index (χ3n) is 3.70. The van der Waals surface area contributed by atoms with Crippen LogP contribution in [0.2, 0.25) is 10.0 Å². The zero-order valence-electron chi connectivity index (χ0n) is 13.3. The van der Waals surface area contributed by atoms with E-state index >= 15 is 0 Å². The van der Waals surface area contributed by atoms with Crippen LogP contribution in [-0.4, -0.2) is 0 Å². The first kappa shape index (κ1) is 17.6. The molecule has 0 aromatic heterocycles. The second-order valence-corrected chi connectivity index (χ2v) is 6.34. The zero-order chi connectivity index (χ0) is 17.6. The number of rotatable bonds is 6. The summed E-state index contributed by atoms with van der Waals surface area (Å²) in [5.41, 5.74) is 2.72. The fraction of sp³-hybridized carbons (Fsp3) is 0.100. The molecule has 0 spiro atoms. The number of hydrogen-bond acceptors (Lipinski definition) is 2. The van der Waals surface area contributed by atoms with Crippen LogP contribution in [0.15, 0.2) is 66.7 Å². The number of halogens is 3. The van der Waals surface area contributed by atoms with Crippen LogP contribution in [0.3, 0.4) is 0 Å². The summed E-state index contributed by atoms with van der Waals surface area (Å²) in [4.78, 5) is 0. The molecule has 0 atom stereocenters. The Labute approximate surface area is 156 Å². The van der Waals surface area contributed by atoms with Gasteiger partial charge in [0.25, 0.3) is 0 Å². The first-order valence-corrected chi connectivity index (χ1v) is 8.51. The number of hydrogen-bond donors (Lipinski definition) is 1. The minimum Gasteiger partial charge on any atom is -0.488 e. The van der Waals surface area contributed by atoms with Crippen molar-refractivity contribution in [2.45, 2.75) is 13.2 Å². The lowest BCUT2D eigenvalue weighted by molar-refractivity contribution is 0.303. The summed E-state index contributed by atoms with van der Waals surface area (Å²) >= 11 is 11.9. The van der Waals surface area contributed by atoms with Crippen LogP contribution in [0.5, 0.6) is 5.75 Å². The fourth-order valence-corrected chi connectivity index (χ4v) is 2.70. The van der Waals surface area contributed by atoms with Crippen molar-refractivity contribution in [1.29, 1.82) is 0 Å². The highest BCUT2D eigenvalue weighted by atomic mass is 35.5. The Morgan fingerprint density at radius 2 is 1.64 bits per heavy atom. The topological polar surface area (TPSA) is 21.3 Å². The van der Waals surface area contributed by atoms with Crippen molar-refractivity contribution in [2.75, 3.05) is 5.32 Å². The highest BCUT2D eigenvalue weighted by molar-refractivity contribution is 6.31. The lowest BCUT2D eigenvalue weighted by atomic mass is 10.2. The molecule has 0 unspecified atom stereocenters. The second-order valence-electron chi connectivity index (χ2n) is 5.49. The minimum atomic E-state index is -0.360. The summed E-state index contributed by atoms with van der Waals surface area (Å²) in [6.45, 7) is 0.881. The highest BCUT2D eigenvalue weighted by Gasteiger charge is 2.06. The number of anilines is 1. The quantitative estimate of drug-likeness (QED) is 0.543. The van der Waals surface area contributed by atoms with Crippen molar-refractivity contribution in [1.82, 2.24) is 0 Å². The monoisotopic (exact) mass is 375 g/mol. The molecule has 0 bridgehead atoms. The maximum absolute atomic E-state index is 13.1. The molecule has 128 valence electrons. The van der Waals surface area contributed by atoms with Gasteiger partial charge in [0.15, 0.2) is 0 Å². The van der Waals surface area contributed by atoms with Gasteiger partial charge in [-0.2, -0.15) is 0 Å². The molecule has 3 aromatic carbocycles. The molecular weight excluding hydrogens is 360 g/mol. The molecule has 3 rings (SSSR count). The largest absolute Gasteiger partial charge is 0.488 e. The SMILES string of the molecule is Fc1ccc(COc2ccccc2CNc2ccc(Cl)cc2)c(Cl)c1. The summed E-state index contributed by atoms with van der Waals surface area (Å²) in [6.07, 6.45) is 0. The summed E-state index contributed by atoms with van der Waals surface area (Å²) in [5, 5.41) is 4.39. The van der Waals surface area contributed by atoms with E-state index in [9.17, 15) is 4.39 Å². The maximum Gasteiger partial charge on any atom is 0.124 e. The van der Waals surface area contributed by atoms with Crippen LogP contribution < -0.4 is 10.1 Å². The van der Waals surface area contributed by atoms with E-state index < -0.39 is 0 Å². The third-order valence-corrected chi connectivity index (χ3v) is 4.30. The smallest absolute Gasteiger partial charge is 0.124 e. The molecule has 0 heterocycles. The average Bonchev–Trinajstić information content (AvgIpc) is 2.61. The summed E-state index contributed by atoms with van der Waals surface area (Å²) in [6, 6.07) is 19.6. The molecule has 0 aliphatic rings. The lowest BCUT2D eigenvalue weighted by Crippen LogP contribution is -2.04. The van der Waals surface area contributed by atoms with Gasteiger partial charge in [0.05, 0.1) is 5.02 Å². The molecule has 25 heavy (non-hydrogen) atoms. The van der Waals surface area contributed by atoms with Gasteiger partial charge < -0.3 is 10.1 Å². The molecule has 0 saturated carbocycles. The van der Waals surface area contributed by atoms with Crippen LogP contribution in [0.4, 0.5) is 10.1 Å². The van der Waals surface area contributed by atoms with Crippen molar-refractivity contribution in [2.24, 2.45) is 0 Å². The summed E-state index contributed by atoms with van der Waals surface area (Å²) < 4.78 is 19.0. The summed E-state index contributed by atoms with van der Waals surface area (Å²) in [5.74, 6) is 0.394. The van der Waals surface area contributed by atoms with Crippen LogP contribution in [-0.2, 0) is 13.2 Å². The van der Waals surface area contributed by atoms with Crippen molar-refractivity contribution in [3.05, 3.63) is 93.7 Å². The molecule has 5 heteroatoms. The third kappa shape index (κ3) is 4.88. The first-order valence-electron chi connectivity index (χ1n) is 7.76. The van der Waals surface area contributed by atoms with Crippen LogP contribution in [0.25, 0.3) is 0 Å². The van der Waals surface area contributed by atoms with Crippen molar-refractivity contribution in [3.63, 3.8) is 0 Å². The number of ether oxygens (including phenoxy) is 1. The van der Waals surface area contributed by atoms with E-state index in [-0.39, 0.29) is 12.4 Å². The van der Waals surface area contributed by atoms with Crippen molar-refractivity contribution >= 4 is 28.9 Å². The second kappa shape index (κ2) is 8.24. The van der Waals surface area contributed by atoms with Crippen LogP contribution in [0, 0.1) is 5.82 Å². The van der Waals surface area contributed by atoms with E-state index in [0.29, 0.717) is 16.6 Å². The Morgan fingerprint density at radius 3 is 2.40 bits per heavy atom. The average molecular weight is 376 g/mol. The first-order chi connectivity index (χ1) is 12.1. The Kier molecular flexibility index (Phi) is 5.79. The molecule has 2 nitrogen and oxygen atoms in total. The van der Waals surface area contributed by atoms with Crippen molar-refractivity contribution in [3.8, 4) is 5.75 Å². The number of benzene rings is 3. The molecule has 0 aliphatic carbocycles. The van der Waals surface area contributed by atoms with Gasteiger partial charge in [0.1, 0.15) is 18.2 Å². The fourth-order valence-electron chi connectivity index (χ4n) is 2.35. The van der Waals surface area contributed by atoms with Gasteiger partial charge in [-0.15, -0.1) is 0 Å². The van der Waals surface area contributed by atoms with Gasteiger partial charge >= 0.3 is 0 Å². The molecule has 0 amide bonds. The molecular formula is C20H16Cl2FNO. The number of para-hydroxylation sites is 1. The Balaban J connectivity index is 1.67. The van der Waals surface area contributed by atoms with E-state index in [1.54, 1.807) is 6.07 Å². The van der Waals surface area contributed by atoms with Gasteiger partial charge in [-0.25, -0.2) is 4.39 Å². The maximum atomic E-state index is 13.1. The predicted octanol–water partition coefficient (Wildman–Crippen LogP) is 6.32. The molecule has 1 N–H and O–H groups in total. The van der Waals surface area contributed by atoms with E-state index in [2.05, 4.69) is 5.32 Å². The zero-order valence-corrected chi connectivity index (χ0v) is 14.8. The van der Waals surface area contributed by atoms with Gasteiger partial charge in [-0.3, -0.25) is 0 Å². The molecule has 0 aliphatic heterocycles. The Bertz CT molecular complexity index is 853. The summed E-state index contributed by atoms with van der Waals surface area (Å²) in [7, 11) is 0. The van der Waals surface area contributed by atoms with E-state index in [0.717, 1.165) is 22.6 Å². The Hall–Kier alpha value is -2.23. The van der Waals surface area contributed by atoms with E-state index in [4.69, 9.17) is 27.9 Å². The van der Waals surface area contributed by atoms with Crippen LogP contribution in [0.1, 0.15) is 11.1 Å². The van der Waals surface area contributed by atoms with Crippen LogP contribution >= 0.6 is 23.2 Å². The minimum absolute atomic E-state index is 0.275. The number of nitrogens with one attached hydrogen (secondary N) is 1. The van der Waals surface area contributed by atoms with E-state index in [1.165, 1.54) is 12.1 Å². The van der Waals surface area contributed by atoms with Gasteiger partial charge in [-0.1, -0.05) is 47.5 Å². The Morgan fingerprint density at radius 1 is 0.880 bits per heavy atom. The highest BCUT2D eigenvalue weighted by Crippen LogP contribution is 2.24. The van der Waals surface area contributed by atoms with Crippen molar-refractivity contribution < 1.29 is 9.13 Å². The van der Waals surface area contributed by atoms with Gasteiger partial charge in [-0.05, 0) is 42.5 Å². The normalized spacial score (nSPS) is 10.5. The standard InChI is InChI=1S/C20H16Cl2FNO/c21-16-6-9-18(10-7-16)24-12-14-3-1-2-4-20(14)25-13-15-5-8-17(23)11-19(15)22/h1-11,24H,12-13H2. The molecule has 0 radical (unpaired) electrons. The van der Waals surface area contributed by atoms with Gasteiger partial charge in [0.2, 0.25) is 0 Å². The van der Waals surface area contributed by atoms with E-state index in [1.807, 2.05) is 48.5 Å². The predicted molar refractivity (Wildman–Crippen MR) is 101 cm³/mol. The lowest BCUT2D eigenvalue weighted by Gasteiger charge is -2.13. The molecule has 0 saturated heterocycles. The van der Waals surface area contributed by atoms with Gasteiger partial charge in [0, 0.05) is 28.4 Å².